The zero-order valence-electron chi connectivity index (χ0n) is 19.8. The van der Waals surface area contributed by atoms with E-state index < -0.39 is 0 Å². The van der Waals surface area contributed by atoms with E-state index in [1.165, 1.54) is 0 Å². The van der Waals surface area contributed by atoms with Gasteiger partial charge in [-0.3, -0.25) is 0 Å². The zero-order chi connectivity index (χ0) is 24.6. The standard InChI is InChI=1S/C30H23N3O3/c1-35-25-17-22-23(18-26(25)36-2)29(21-15-9-10-16-24(21)34)31-30-27(22)28(19-11-5-3-6-12-19)32-33(30)20-13-7-4-8-14-20/h3-18,34H,1-2H3. The molecule has 36 heavy (non-hydrogen) atoms. The summed E-state index contributed by atoms with van der Waals surface area (Å²) in [5.74, 6) is 1.33. The summed E-state index contributed by atoms with van der Waals surface area (Å²) in [7, 11) is 3.23. The maximum Gasteiger partial charge on any atom is 0.164 e. The van der Waals surface area contributed by atoms with Gasteiger partial charge in [-0.25, -0.2) is 9.67 Å². The van der Waals surface area contributed by atoms with Crippen molar-refractivity contribution in [1.29, 1.82) is 0 Å². The number of para-hydroxylation sites is 2. The van der Waals surface area contributed by atoms with Crippen molar-refractivity contribution < 1.29 is 14.6 Å². The first kappa shape index (κ1) is 21.7. The van der Waals surface area contributed by atoms with Gasteiger partial charge in [0, 0.05) is 21.9 Å². The Hall–Kier alpha value is -4.84. The van der Waals surface area contributed by atoms with Gasteiger partial charge in [-0.1, -0.05) is 60.7 Å². The van der Waals surface area contributed by atoms with Crippen LogP contribution in [-0.2, 0) is 0 Å². The molecule has 6 rings (SSSR count). The Morgan fingerprint density at radius 2 is 1.31 bits per heavy atom. The molecular weight excluding hydrogens is 450 g/mol. The summed E-state index contributed by atoms with van der Waals surface area (Å²) in [5.41, 5.74) is 4.61. The zero-order valence-corrected chi connectivity index (χ0v) is 19.8. The van der Waals surface area contributed by atoms with Crippen molar-refractivity contribution >= 4 is 21.8 Å². The predicted octanol–water partition coefficient (Wildman–Crippen LogP) is 6.63. The van der Waals surface area contributed by atoms with Crippen LogP contribution in [0, 0.1) is 0 Å². The van der Waals surface area contributed by atoms with Gasteiger partial charge >= 0.3 is 0 Å². The van der Waals surface area contributed by atoms with Gasteiger partial charge in [0.1, 0.15) is 11.4 Å². The molecule has 6 heteroatoms. The third kappa shape index (κ3) is 3.43. The van der Waals surface area contributed by atoms with E-state index in [0.717, 1.165) is 33.1 Å². The number of ether oxygens (including phenoxy) is 2. The van der Waals surface area contributed by atoms with Crippen molar-refractivity contribution in [2.24, 2.45) is 0 Å². The summed E-state index contributed by atoms with van der Waals surface area (Å²) in [6.45, 7) is 0. The molecule has 1 N–H and O–H groups in total. The number of phenols is 1. The fourth-order valence-electron chi connectivity index (χ4n) is 4.63. The summed E-state index contributed by atoms with van der Waals surface area (Å²) in [4.78, 5) is 5.13. The van der Waals surface area contributed by atoms with Crippen LogP contribution in [0.25, 0.3) is 50.0 Å². The molecule has 2 aromatic heterocycles. The number of phenolic OH excluding ortho intramolecular Hbond substituents is 1. The van der Waals surface area contributed by atoms with E-state index in [9.17, 15) is 5.11 Å². The Bertz CT molecular complexity index is 1710. The second-order valence-corrected chi connectivity index (χ2v) is 8.39. The van der Waals surface area contributed by atoms with Crippen molar-refractivity contribution in [3.63, 3.8) is 0 Å². The number of pyridine rings is 1. The van der Waals surface area contributed by atoms with Crippen LogP contribution in [-0.4, -0.2) is 34.1 Å². The highest BCUT2D eigenvalue weighted by Gasteiger charge is 2.23. The molecule has 0 spiro atoms. The lowest BCUT2D eigenvalue weighted by Crippen LogP contribution is -1.99. The van der Waals surface area contributed by atoms with Gasteiger partial charge in [0.05, 0.1) is 31.0 Å². The van der Waals surface area contributed by atoms with Crippen LogP contribution in [0.5, 0.6) is 17.2 Å². The topological polar surface area (TPSA) is 69.4 Å². The first-order chi connectivity index (χ1) is 17.7. The van der Waals surface area contributed by atoms with Crippen LogP contribution in [0.4, 0.5) is 0 Å². The molecule has 0 radical (unpaired) electrons. The lowest BCUT2D eigenvalue weighted by molar-refractivity contribution is 0.356. The fourth-order valence-corrected chi connectivity index (χ4v) is 4.63. The average Bonchev–Trinajstić information content (AvgIpc) is 3.33. The van der Waals surface area contributed by atoms with E-state index in [0.29, 0.717) is 28.4 Å². The maximum absolute atomic E-state index is 10.8. The quantitative estimate of drug-likeness (QED) is 0.304. The SMILES string of the molecule is COc1cc2c(-c3ccccc3O)nc3c(c(-c4ccccc4)nn3-c3ccccc3)c2cc1OC. The van der Waals surface area contributed by atoms with Crippen molar-refractivity contribution in [2.45, 2.75) is 0 Å². The van der Waals surface area contributed by atoms with Crippen LogP contribution in [0.3, 0.4) is 0 Å². The second-order valence-electron chi connectivity index (χ2n) is 8.39. The Labute approximate surface area is 208 Å². The van der Waals surface area contributed by atoms with Crippen molar-refractivity contribution in [2.75, 3.05) is 14.2 Å². The molecule has 0 unspecified atom stereocenters. The molecule has 0 saturated carbocycles. The smallest absolute Gasteiger partial charge is 0.164 e. The summed E-state index contributed by atoms with van der Waals surface area (Å²) < 4.78 is 13.2. The summed E-state index contributed by atoms with van der Waals surface area (Å²) in [6, 6.07) is 31.1. The van der Waals surface area contributed by atoms with Gasteiger partial charge in [0.25, 0.3) is 0 Å². The van der Waals surface area contributed by atoms with Gasteiger partial charge in [-0.2, -0.15) is 5.10 Å². The molecular formula is C30H23N3O3. The molecule has 0 aliphatic heterocycles. The number of rotatable bonds is 5. The van der Waals surface area contributed by atoms with Crippen molar-refractivity contribution in [1.82, 2.24) is 14.8 Å². The number of hydrogen-bond acceptors (Lipinski definition) is 5. The molecule has 6 aromatic rings. The number of methoxy groups -OCH3 is 2. The summed E-state index contributed by atoms with van der Waals surface area (Å²) in [6.07, 6.45) is 0. The Morgan fingerprint density at radius 3 is 1.97 bits per heavy atom. The van der Waals surface area contributed by atoms with Crippen LogP contribution in [0.15, 0.2) is 97.1 Å². The number of benzene rings is 4. The van der Waals surface area contributed by atoms with E-state index in [4.69, 9.17) is 19.6 Å². The maximum atomic E-state index is 10.8. The highest BCUT2D eigenvalue weighted by Crippen LogP contribution is 2.44. The molecule has 0 amide bonds. The second kappa shape index (κ2) is 8.74. The van der Waals surface area contributed by atoms with Crippen LogP contribution in [0.1, 0.15) is 0 Å². The molecule has 6 nitrogen and oxygen atoms in total. The normalized spacial score (nSPS) is 11.2. The minimum absolute atomic E-state index is 0.148. The number of fused-ring (bicyclic) bond motifs is 3. The third-order valence-corrected chi connectivity index (χ3v) is 6.33. The van der Waals surface area contributed by atoms with Crippen molar-refractivity contribution in [3.8, 4) is 45.5 Å². The lowest BCUT2D eigenvalue weighted by Gasteiger charge is -2.14. The number of aromatic hydroxyl groups is 1. The first-order valence-electron chi connectivity index (χ1n) is 11.6. The highest BCUT2D eigenvalue weighted by molar-refractivity contribution is 6.16. The van der Waals surface area contributed by atoms with Crippen LogP contribution >= 0.6 is 0 Å². The lowest BCUT2D eigenvalue weighted by atomic mass is 9.98. The molecule has 4 aromatic carbocycles. The molecule has 176 valence electrons. The third-order valence-electron chi connectivity index (χ3n) is 6.33. The van der Waals surface area contributed by atoms with Gasteiger partial charge in [-0.05, 0) is 36.4 Å². The fraction of sp³-hybridized carbons (Fsp3) is 0.0667. The van der Waals surface area contributed by atoms with Gasteiger partial charge in [0.15, 0.2) is 17.1 Å². The Balaban J connectivity index is 1.83. The van der Waals surface area contributed by atoms with Gasteiger partial charge in [-0.15, -0.1) is 0 Å². The van der Waals surface area contributed by atoms with E-state index in [1.807, 2.05) is 89.6 Å². The van der Waals surface area contributed by atoms with E-state index in [2.05, 4.69) is 0 Å². The van der Waals surface area contributed by atoms with E-state index in [-0.39, 0.29) is 5.75 Å². The molecule has 0 aliphatic rings. The minimum Gasteiger partial charge on any atom is -0.507 e. The molecule has 0 bridgehead atoms. The Kier molecular flexibility index (Phi) is 5.26. The average molecular weight is 474 g/mol. The van der Waals surface area contributed by atoms with Crippen LogP contribution in [0.2, 0.25) is 0 Å². The van der Waals surface area contributed by atoms with E-state index in [1.54, 1.807) is 26.4 Å². The number of nitrogens with zero attached hydrogens (tertiary/aromatic N) is 3. The molecule has 0 fully saturated rings. The molecule has 0 atom stereocenters. The molecule has 2 heterocycles. The summed E-state index contributed by atoms with van der Waals surface area (Å²) in [5, 5.41) is 18.4. The number of aromatic nitrogens is 3. The summed E-state index contributed by atoms with van der Waals surface area (Å²) >= 11 is 0. The monoisotopic (exact) mass is 473 g/mol. The molecule has 0 saturated heterocycles. The first-order valence-corrected chi connectivity index (χ1v) is 11.6. The highest BCUT2D eigenvalue weighted by atomic mass is 16.5. The molecule has 0 aliphatic carbocycles. The van der Waals surface area contributed by atoms with Crippen molar-refractivity contribution in [3.05, 3.63) is 97.1 Å². The largest absolute Gasteiger partial charge is 0.507 e. The predicted molar refractivity (Wildman–Crippen MR) is 142 cm³/mol. The van der Waals surface area contributed by atoms with Gasteiger partial charge in [0.2, 0.25) is 0 Å². The van der Waals surface area contributed by atoms with E-state index >= 15 is 0 Å². The minimum atomic E-state index is 0.148. The van der Waals surface area contributed by atoms with Crippen LogP contribution < -0.4 is 9.47 Å². The number of hydrogen-bond donors (Lipinski definition) is 1. The Morgan fingerprint density at radius 1 is 0.694 bits per heavy atom. The van der Waals surface area contributed by atoms with Gasteiger partial charge < -0.3 is 14.6 Å².